The summed E-state index contributed by atoms with van der Waals surface area (Å²) in [5.41, 5.74) is 0. The molecule has 1 nitrogen and oxygen atoms in total. The zero-order valence-electron chi connectivity index (χ0n) is 18.6. The Balaban J connectivity index is 1.47. The molecule has 5 fully saturated rings. The van der Waals surface area contributed by atoms with E-state index in [4.69, 9.17) is 4.74 Å². The van der Waals surface area contributed by atoms with Gasteiger partial charge >= 0.3 is 0 Å². The van der Waals surface area contributed by atoms with Gasteiger partial charge in [-0.15, -0.1) is 0 Å². The minimum Gasteiger partial charge on any atom is -0.381 e. The third kappa shape index (κ3) is 3.72. The summed E-state index contributed by atoms with van der Waals surface area (Å²) < 4.78 is 5.99. The van der Waals surface area contributed by atoms with Crippen LogP contribution >= 0.6 is 0 Å². The van der Waals surface area contributed by atoms with Crippen molar-refractivity contribution in [2.75, 3.05) is 7.11 Å². The van der Waals surface area contributed by atoms with Gasteiger partial charge in [0.2, 0.25) is 0 Å². The topological polar surface area (TPSA) is 9.23 Å². The highest BCUT2D eigenvalue weighted by Crippen LogP contribution is 2.62. The standard InChI is InChI=1S/C27H46O/c1-28-21-16-17-24-25(18-21)27(20-12-6-3-7-13-20)23-15-9-8-14-22(23)26(24)19-10-4-2-5-11-19/h19-27H,2-18H2,1H3/t21-,22+,23-,24+,25-,26+,27-/m1/s1. The zero-order chi connectivity index (χ0) is 18.9. The van der Waals surface area contributed by atoms with Crippen LogP contribution in [0.15, 0.2) is 0 Å². The van der Waals surface area contributed by atoms with Gasteiger partial charge in [-0.25, -0.2) is 0 Å². The van der Waals surface area contributed by atoms with Crippen LogP contribution in [-0.2, 0) is 4.74 Å². The average Bonchev–Trinajstić information content (AvgIpc) is 2.78. The second-order valence-electron chi connectivity index (χ2n) is 11.6. The molecule has 5 aliphatic carbocycles. The van der Waals surface area contributed by atoms with E-state index in [1.54, 1.807) is 44.9 Å². The van der Waals surface area contributed by atoms with Crippen molar-refractivity contribution in [1.29, 1.82) is 0 Å². The van der Waals surface area contributed by atoms with Crippen molar-refractivity contribution in [3.63, 3.8) is 0 Å². The molecule has 28 heavy (non-hydrogen) atoms. The highest BCUT2D eigenvalue weighted by Gasteiger charge is 2.55. The number of hydrogen-bond acceptors (Lipinski definition) is 1. The molecule has 0 amide bonds. The molecule has 0 heterocycles. The molecule has 0 saturated heterocycles. The molecule has 7 atom stereocenters. The van der Waals surface area contributed by atoms with Gasteiger partial charge in [0.15, 0.2) is 0 Å². The Hall–Kier alpha value is -0.0400. The second kappa shape index (κ2) is 8.99. The van der Waals surface area contributed by atoms with Crippen LogP contribution in [0.1, 0.15) is 109 Å². The predicted molar refractivity (Wildman–Crippen MR) is 117 cm³/mol. The first-order chi connectivity index (χ1) is 13.9. The average molecular weight is 387 g/mol. The van der Waals surface area contributed by atoms with Crippen molar-refractivity contribution in [3.8, 4) is 0 Å². The number of hydrogen-bond donors (Lipinski definition) is 0. The van der Waals surface area contributed by atoms with Gasteiger partial charge in [0.05, 0.1) is 6.10 Å². The van der Waals surface area contributed by atoms with Gasteiger partial charge in [-0.05, 0) is 79.4 Å². The van der Waals surface area contributed by atoms with E-state index in [1.807, 2.05) is 7.11 Å². The van der Waals surface area contributed by atoms with Crippen molar-refractivity contribution in [1.82, 2.24) is 0 Å². The molecule has 0 aliphatic heterocycles. The monoisotopic (exact) mass is 386 g/mol. The highest BCUT2D eigenvalue weighted by atomic mass is 16.5. The van der Waals surface area contributed by atoms with Crippen LogP contribution in [0, 0.1) is 47.3 Å². The molecule has 0 aromatic rings. The van der Waals surface area contributed by atoms with E-state index in [-0.39, 0.29) is 0 Å². The van der Waals surface area contributed by atoms with E-state index in [9.17, 15) is 0 Å². The summed E-state index contributed by atoms with van der Waals surface area (Å²) in [5, 5.41) is 0. The van der Waals surface area contributed by atoms with Gasteiger partial charge in [0, 0.05) is 7.11 Å². The van der Waals surface area contributed by atoms with Gasteiger partial charge in [-0.2, -0.15) is 0 Å². The fourth-order valence-corrected chi connectivity index (χ4v) is 9.54. The molecule has 160 valence electrons. The summed E-state index contributed by atoms with van der Waals surface area (Å²) in [6.45, 7) is 0. The molecule has 0 aromatic heterocycles. The molecule has 0 radical (unpaired) electrons. The van der Waals surface area contributed by atoms with E-state index in [2.05, 4.69) is 0 Å². The van der Waals surface area contributed by atoms with Gasteiger partial charge in [-0.3, -0.25) is 0 Å². The van der Waals surface area contributed by atoms with Gasteiger partial charge < -0.3 is 4.74 Å². The lowest BCUT2D eigenvalue weighted by Crippen LogP contribution is -2.54. The van der Waals surface area contributed by atoms with Crippen LogP contribution in [0.2, 0.25) is 0 Å². The second-order valence-corrected chi connectivity index (χ2v) is 11.6. The smallest absolute Gasteiger partial charge is 0.0574 e. The maximum atomic E-state index is 5.99. The number of methoxy groups -OCH3 is 1. The van der Waals surface area contributed by atoms with E-state index < -0.39 is 0 Å². The van der Waals surface area contributed by atoms with Crippen LogP contribution in [-0.4, -0.2) is 13.2 Å². The van der Waals surface area contributed by atoms with E-state index in [1.165, 1.54) is 64.2 Å². The molecule has 5 aliphatic rings. The molecule has 0 N–H and O–H groups in total. The molecule has 5 rings (SSSR count). The molecule has 5 saturated carbocycles. The molecule has 0 bridgehead atoms. The van der Waals surface area contributed by atoms with Crippen LogP contribution in [0.5, 0.6) is 0 Å². The summed E-state index contributed by atoms with van der Waals surface area (Å²) >= 11 is 0. The third-order valence-corrected chi connectivity index (χ3v) is 10.5. The Morgan fingerprint density at radius 1 is 0.464 bits per heavy atom. The van der Waals surface area contributed by atoms with Crippen LogP contribution in [0.25, 0.3) is 0 Å². The summed E-state index contributed by atoms with van der Waals surface area (Å²) in [7, 11) is 1.99. The normalized spacial score (nSPS) is 46.0. The fourth-order valence-electron chi connectivity index (χ4n) is 9.54. The van der Waals surface area contributed by atoms with Crippen LogP contribution in [0.3, 0.4) is 0 Å². The molecular formula is C27H46O. The van der Waals surface area contributed by atoms with Crippen molar-refractivity contribution in [3.05, 3.63) is 0 Å². The molecule has 0 unspecified atom stereocenters. The first-order valence-corrected chi connectivity index (χ1v) is 13.4. The van der Waals surface area contributed by atoms with E-state index >= 15 is 0 Å². The minimum absolute atomic E-state index is 0.569. The number of ether oxygens (including phenoxy) is 1. The molecular weight excluding hydrogens is 340 g/mol. The Morgan fingerprint density at radius 2 is 0.929 bits per heavy atom. The van der Waals surface area contributed by atoms with Gasteiger partial charge in [0.25, 0.3) is 0 Å². The zero-order valence-corrected chi connectivity index (χ0v) is 18.6. The maximum absolute atomic E-state index is 5.99. The van der Waals surface area contributed by atoms with Crippen molar-refractivity contribution in [2.45, 2.75) is 115 Å². The Bertz CT molecular complexity index is 488. The molecule has 0 spiro atoms. The summed E-state index contributed by atoms with van der Waals surface area (Å²) in [4.78, 5) is 0. The van der Waals surface area contributed by atoms with Crippen LogP contribution in [0.4, 0.5) is 0 Å². The Morgan fingerprint density at radius 3 is 1.46 bits per heavy atom. The number of fused-ring (bicyclic) bond motifs is 2. The highest BCUT2D eigenvalue weighted by molar-refractivity contribution is 5.04. The number of rotatable bonds is 3. The fraction of sp³-hybridized carbons (Fsp3) is 1.00. The quantitative estimate of drug-likeness (QED) is 0.484. The molecule has 0 aromatic carbocycles. The van der Waals surface area contributed by atoms with E-state index in [0.29, 0.717) is 6.10 Å². The lowest BCUT2D eigenvalue weighted by molar-refractivity contribution is -0.131. The lowest BCUT2D eigenvalue weighted by atomic mass is 9.45. The largest absolute Gasteiger partial charge is 0.381 e. The van der Waals surface area contributed by atoms with E-state index in [0.717, 1.165) is 47.3 Å². The summed E-state index contributed by atoms with van der Waals surface area (Å²) in [6, 6.07) is 0. The minimum atomic E-state index is 0.569. The summed E-state index contributed by atoms with van der Waals surface area (Å²) in [6.07, 6.45) is 26.5. The maximum Gasteiger partial charge on any atom is 0.0574 e. The SMILES string of the molecule is CO[C@@H]1CC[C@H]2[C@@H](C1)[C@H](C1CCCCC1)[C@@H]1CCCC[C@@H]1[C@@H]2C1CCCCC1. The van der Waals surface area contributed by atoms with Crippen molar-refractivity contribution < 1.29 is 4.74 Å². The van der Waals surface area contributed by atoms with Gasteiger partial charge in [-0.1, -0.05) is 77.0 Å². The Labute approximate surface area is 174 Å². The van der Waals surface area contributed by atoms with Gasteiger partial charge in [0.1, 0.15) is 0 Å². The van der Waals surface area contributed by atoms with Crippen LogP contribution < -0.4 is 0 Å². The first-order valence-electron chi connectivity index (χ1n) is 13.4. The molecule has 1 heteroatoms. The predicted octanol–water partition coefficient (Wildman–Crippen LogP) is 7.63. The Kier molecular flexibility index (Phi) is 6.39. The van der Waals surface area contributed by atoms with Crippen molar-refractivity contribution in [2.24, 2.45) is 47.3 Å². The lowest BCUT2D eigenvalue weighted by Gasteiger charge is -2.60. The van der Waals surface area contributed by atoms with Crippen molar-refractivity contribution >= 4 is 0 Å². The first kappa shape index (κ1) is 19.9. The summed E-state index contributed by atoms with van der Waals surface area (Å²) in [5.74, 6) is 8.55. The third-order valence-electron chi connectivity index (χ3n) is 10.5.